The smallest absolute Gasteiger partial charge is 0.151 e. The number of rotatable bonds is 2. The first-order valence-corrected chi connectivity index (χ1v) is 6.68. The van der Waals surface area contributed by atoms with Crippen molar-refractivity contribution in [3.8, 4) is 17.6 Å². The summed E-state index contributed by atoms with van der Waals surface area (Å²) in [5.41, 5.74) is 6.72. The Labute approximate surface area is 128 Å². The SMILES string of the molecule is N#Cc1ccc(Oc2cc(Cl)c(Cl)cc2N)c(Br)c1. The maximum atomic E-state index is 8.79. The topological polar surface area (TPSA) is 59.0 Å². The van der Waals surface area contributed by atoms with E-state index < -0.39 is 0 Å². The van der Waals surface area contributed by atoms with Gasteiger partial charge in [-0.3, -0.25) is 0 Å². The molecule has 0 unspecified atom stereocenters. The lowest BCUT2D eigenvalue weighted by Gasteiger charge is -2.11. The molecular weight excluding hydrogens is 351 g/mol. The molecule has 2 N–H and O–H groups in total. The normalized spacial score (nSPS) is 10.0. The van der Waals surface area contributed by atoms with E-state index in [1.165, 1.54) is 6.07 Å². The highest BCUT2D eigenvalue weighted by molar-refractivity contribution is 9.10. The van der Waals surface area contributed by atoms with Crippen LogP contribution in [0.15, 0.2) is 34.8 Å². The van der Waals surface area contributed by atoms with Gasteiger partial charge in [0.1, 0.15) is 5.75 Å². The highest BCUT2D eigenvalue weighted by atomic mass is 79.9. The molecule has 0 aliphatic carbocycles. The first-order chi connectivity index (χ1) is 9.01. The second-order valence-electron chi connectivity index (χ2n) is 3.66. The Morgan fingerprint density at radius 2 is 1.79 bits per heavy atom. The van der Waals surface area contributed by atoms with Crippen molar-refractivity contribution >= 4 is 44.8 Å². The van der Waals surface area contributed by atoms with E-state index in [4.69, 9.17) is 38.9 Å². The lowest BCUT2D eigenvalue weighted by Crippen LogP contribution is -1.93. The largest absolute Gasteiger partial charge is 0.454 e. The van der Waals surface area contributed by atoms with Crippen molar-refractivity contribution in [3.05, 3.63) is 50.4 Å². The van der Waals surface area contributed by atoms with Gasteiger partial charge >= 0.3 is 0 Å². The van der Waals surface area contributed by atoms with Crippen molar-refractivity contribution in [3.63, 3.8) is 0 Å². The van der Waals surface area contributed by atoms with Crippen LogP contribution in [0.2, 0.25) is 10.0 Å². The zero-order valence-corrected chi connectivity index (χ0v) is 12.6. The number of anilines is 1. The molecule has 0 saturated carbocycles. The van der Waals surface area contributed by atoms with Gasteiger partial charge in [0.15, 0.2) is 5.75 Å². The molecule has 96 valence electrons. The number of benzene rings is 2. The number of nitrogens with two attached hydrogens (primary N) is 1. The Bertz CT molecular complexity index is 683. The fourth-order valence-corrected chi connectivity index (χ4v) is 2.19. The zero-order chi connectivity index (χ0) is 14.0. The van der Waals surface area contributed by atoms with Crippen molar-refractivity contribution < 1.29 is 4.74 Å². The third-order valence-electron chi connectivity index (χ3n) is 2.33. The number of hydrogen-bond donors (Lipinski definition) is 1. The van der Waals surface area contributed by atoms with Crippen LogP contribution in [0.3, 0.4) is 0 Å². The molecular formula is C13H7BrCl2N2O. The van der Waals surface area contributed by atoms with Gasteiger partial charge in [0, 0.05) is 6.07 Å². The van der Waals surface area contributed by atoms with Gasteiger partial charge in [-0.15, -0.1) is 0 Å². The van der Waals surface area contributed by atoms with Crippen LogP contribution in [0.1, 0.15) is 5.56 Å². The summed E-state index contributed by atoms with van der Waals surface area (Å²) >= 11 is 15.1. The van der Waals surface area contributed by atoms with E-state index in [9.17, 15) is 0 Å². The maximum absolute atomic E-state index is 8.79. The monoisotopic (exact) mass is 356 g/mol. The van der Waals surface area contributed by atoms with E-state index in [-0.39, 0.29) is 0 Å². The van der Waals surface area contributed by atoms with Gasteiger partial charge < -0.3 is 10.5 Å². The minimum atomic E-state index is 0.357. The summed E-state index contributed by atoms with van der Waals surface area (Å²) in [5.74, 6) is 0.934. The van der Waals surface area contributed by atoms with Crippen LogP contribution in [-0.2, 0) is 0 Å². The van der Waals surface area contributed by atoms with Gasteiger partial charge in [0.2, 0.25) is 0 Å². The lowest BCUT2D eigenvalue weighted by atomic mass is 10.2. The molecule has 0 atom stereocenters. The molecule has 0 fully saturated rings. The molecule has 2 aromatic rings. The van der Waals surface area contributed by atoms with E-state index in [0.29, 0.717) is 37.3 Å². The molecule has 2 rings (SSSR count). The van der Waals surface area contributed by atoms with E-state index in [1.54, 1.807) is 24.3 Å². The number of halogens is 3. The first-order valence-electron chi connectivity index (χ1n) is 5.13. The van der Waals surface area contributed by atoms with Crippen LogP contribution in [0.5, 0.6) is 11.5 Å². The fourth-order valence-electron chi connectivity index (χ4n) is 1.40. The van der Waals surface area contributed by atoms with Gasteiger partial charge in [-0.05, 0) is 40.2 Å². The molecule has 0 spiro atoms. The standard InChI is InChI=1S/C13H7BrCl2N2O/c14-8-3-7(6-17)1-2-12(8)19-13-5-10(16)9(15)4-11(13)18/h1-5H,18H2. The molecule has 0 heterocycles. The second-order valence-corrected chi connectivity index (χ2v) is 5.33. The number of nitriles is 1. The maximum Gasteiger partial charge on any atom is 0.151 e. The van der Waals surface area contributed by atoms with Crippen molar-refractivity contribution in [2.75, 3.05) is 5.73 Å². The Balaban J connectivity index is 2.37. The fraction of sp³-hybridized carbons (Fsp3) is 0. The third-order valence-corrected chi connectivity index (χ3v) is 3.68. The number of nitrogens with zero attached hydrogens (tertiary/aromatic N) is 1. The predicted molar refractivity (Wildman–Crippen MR) is 79.8 cm³/mol. The molecule has 6 heteroatoms. The van der Waals surface area contributed by atoms with Gasteiger partial charge in [-0.1, -0.05) is 23.2 Å². The summed E-state index contributed by atoms with van der Waals surface area (Å²) in [6.07, 6.45) is 0. The van der Waals surface area contributed by atoms with E-state index >= 15 is 0 Å². The Kier molecular flexibility index (Phi) is 4.20. The van der Waals surface area contributed by atoms with Crippen LogP contribution in [0.4, 0.5) is 5.69 Å². The number of nitrogen functional groups attached to an aromatic ring is 1. The third kappa shape index (κ3) is 3.13. The van der Waals surface area contributed by atoms with Crippen LogP contribution in [-0.4, -0.2) is 0 Å². The highest BCUT2D eigenvalue weighted by Crippen LogP contribution is 2.37. The van der Waals surface area contributed by atoms with Crippen LogP contribution < -0.4 is 10.5 Å². The average Bonchev–Trinajstić information content (AvgIpc) is 2.38. The average molecular weight is 358 g/mol. The molecule has 3 nitrogen and oxygen atoms in total. The van der Waals surface area contributed by atoms with Crippen LogP contribution in [0, 0.1) is 11.3 Å². The highest BCUT2D eigenvalue weighted by Gasteiger charge is 2.09. The molecule has 0 radical (unpaired) electrons. The van der Waals surface area contributed by atoms with Gasteiger partial charge in [0.25, 0.3) is 0 Å². The van der Waals surface area contributed by atoms with Gasteiger partial charge in [-0.25, -0.2) is 0 Å². The Morgan fingerprint density at radius 1 is 1.11 bits per heavy atom. The molecule has 0 saturated heterocycles. The Morgan fingerprint density at radius 3 is 2.42 bits per heavy atom. The molecule has 0 bridgehead atoms. The van der Waals surface area contributed by atoms with Crippen LogP contribution >= 0.6 is 39.1 Å². The number of ether oxygens (including phenoxy) is 1. The lowest BCUT2D eigenvalue weighted by molar-refractivity contribution is 0.482. The summed E-state index contributed by atoms with van der Waals surface area (Å²) < 4.78 is 6.30. The predicted octanol–water partition coefficient (Wildman–Crippen LogP) is 5.00. The van der Waals surface area contributed by atoms with Crippen molar-refractivity contribution in [1.82, 2.24) is 0 Å². The molecule has 0 aromatic heterocycles. The molecule has 2 aromatic carbocycles. The summed E-state index contributed by atoms with van der Waals surface area (Å²) in [6, 6.07) is 10.1. The molecule has 0 amide bonds. The zero-order valence-electron chi connectivity index (χ0n) is 9.45. The van der Waals surface area contributed by atoms with E-state index in [1.807, 2.05) is 6.07 Å². The minimum Gasteiger partial charge on any atom is -0.454 e. The van der Waals surface area contributed by atoms with Crippen LogP contribution in [0.25, 0.3) is 0 Å². The van der Waals surface area contributed by atoms with Gasteiger partial charge in [-0.2, -0.15) is 5.26 Å². The van der Waals surface area contributed by atoms with Crippen molar-refractivity contribution in [1.29, 1.82) is 5.26 Å². The summed E-state index contributed by atoms with van der Waals surface area (Å²) in [4.78, 5) is 0. The summed E-state index contributed by atoms with van der Waals surface area (Å²) in [6.45, 7) is 0. The van der Waals surface area contributed by atoms with Gasteiger partial charge in [0.05, 0.1) is 31.8 Å². The van der Waals surface area contributed by atoms with E-state index in [0.717, 1.165) is 0 Å². The Hall–Kier alpha value is -1.41. The first kappa shape index (κ1) is 14.0. The molecule has 0 aliphatic heterocycles. The summed E-state index contributed by atoms with van der Waals surface area (Å²) in [5, 5.41) is 9.51. The van der Waals surface area contributed by atoms with Crippen molar-refractivity contribution in [2.24, 2.45) is 0 Å². The number of hydrogen-bond acceptors (Lipinski definition) is 3. The van der Waals surface area contributed by atoms with Crippen molar-refractivity contribution in [2.45, 2.75) is 0 Å². The minimum absolute atomic E-state index is 0.357. The second kappa shape index (κ2) is 5.70. The summed E-state index contributed by atoms with van der Waals surface area (Å²) in [7, 11) is 0. The molecule has 0 aliphatic rings. The molecule has 19 heavy (non-hydrogen) atoms. The quantitative estimate of drug-likeness (QED) is 0.769. The van der Waals surface area contributed by atoms with E-state index in [2.05, 4.69) is 15.9 Å².